The molecule has 1 unspecified atom stereocenters. The number of H-pyrrole nitrogens is 1. The van der Waals surface area contributed by atoms with E-state index in [1.165, 1.54) is 31.3 Å². The molecule has 3 heterocycles. The summed E-state index contributed by atoms with van der Waals surface area (Å²) in [6, 6.07) is 4.74. The average Bonchev–Trinajstić information content (AvgIpc) is 3.43. The maximum absolute atomic E-state index is 13.3. The number of amides is 3. The van der Waals surface area contributed by atoms with Gasteiger partial charge in [-0.3, -0.25) is 28.7 Å². The van der Waals surface area contributed by atoms with Crippen molar-refractivity contribution in [2.24, 2.45) is 0 Å². The fourth-order valence-electron chi connectivity index (χ4n) is 4.74. The zero-order valence-electron chi connectivity index (χ0n) is 21.2. The van der Waals surface area contributed by atoms with Gasteiger partial charge < -0.3 is 25.1 Å². The molecule has 0 radical (unpaired) electrons. The molecule has 2 aliphatic heterocycles. The fraction of sp³-hybridized carbons (Fsp3) is 0.440. The van der Waals surface area contributed by atoms with Gasteiger partial charge in [0, 0.05) is 36.6 Å². The lowest BCUT2D eigenvalue weighted by molar-refractivity contribution is -0.164. The van der Waals surface area contributed by atoms with Crippen LogP contribution in [-0.2, 0) is 20.1 Å². The highest BCUT2D eigenvalue weighted by molar-refractivity contribution is 6.01. The first-order chi connectivity index (χ1) is 18.5. The molecule has 1 aromatic carbocycles. The topological polar surface area (TPSA) is 204 Å². The third-order valence-corrected chi connectivity index (χ3v) is 6.81. The molecule has 206 valence electrons. The van der Waals surface area contributed by atoms with Crippen molar-refractivity contribution in [3.8, 4) is 11.8 Å². The number of benzene rings is 1. The van der Waals surface area contributed by atoms with Crippen molar-refractivity contribution in [2.45, 2.75) is 63.5 Å². The van der Waals surface area contributed by atoms with E-state index in [2.05, 4.69) is 10.3 Å². The average molecular weight is 542 g/mol. The van der Waals surface area contributed by atoms with Gasteiger partial charge in [-0.25, -0.2) is 4.79 Å². The number of aromatic amines is 1. The Morgan fingerprint density at radius 1 is 1.31 bits per heavy atom. The highest BCUT2D eigenvalue weighted by Crippen LogP contribution is 2.38. The quantitative estimate of drug-likeness (QED) is 0.305. The van der Waals surface area contributed by atoms with E-state index in [4.69, 9.17) is 9.57 Å². The van der Waals surface area contributed by atoms with Gasteiger partial charge in [0.05, 0.1) is 24.3 Å². The summed E-state index contributed by atoms with van der Waals surface area (Å²) in [5.41, 5.74) is -3.01. The predicted molar refractivity (Wildman–Crippen MR) is 131 cm³/mol. The van der Waals surface area contributed by atoms with E-state index < -0.39 is 59.6 Å². The van der Waals surface area contributed by atoms with E-state index >= 15 is 0 Å². The molecule has 4 atom stereocenters. The molecule has 4 N–H and O–H groups in total. The van der Waals surface area contributed by atoms with Gasteiger partial charge in [0.25, 0.3) is 23.3 Å². The Kier molecular flexibility index (Phi) is 7.68. The number of carbonyl (C=O) groups excluding carboxylic acids is 3. The summed E-state index contributed by atoms with van der Waals surface area (Å²) in [5, 5.41) is 33.2. The Balaban J connectivity index is 1.66. The normalized spacial score (nSPS) is 23.5. The summed E-state index contributed by atoms with van der Waals surface area (Å²) < 4.78 is 7.10. The minimum absolute atomic E-state index is 0.00676. The molecular weight excluding hydrogens is 514 g/mol. The molecule has 0 saturated carbocycles. The highest BCUT2D eigenvalue weighted by Gasteiger charge is 2.53. The molecule has 0 aliphatic carbocycles. The standard InChI is InChI=1S/C25H27N5O9/c1-3-19(25(9-16(32)18(12-31)38-25)29-11-13(2)22(35)28-24(29)37)27-23(36)14-4-5-17(15(8-14)10-26)39-30-20(33)6-7-21(30)34/h4-5,8,11,16,18-19,31-32H,3,6-7,9,12H2,1-2H3,(H,27,36)(H,28,35,37)/t16-,18+,19?,25-/m0/s1. The predicted octanol–water partition coefficient (Wildman–Crippen LogP) is -0.837. The molecule has 4 rings (SSSR count). The van der Waals surface area contributed by atoms with Crippen LogP contribution < -0.4 is 21.4 Å². The first kappa shape index (κ1) is 27.7. The Morgan fingerprint density at radius 2 is 2.00 bits per heavy atom. The van der Waals surface area contributed by atoms with Crippen LogP contribution in [0.4, 0.5) is 0 Å². The lowest BCUT2D eigenvalue weighted by Gasteiger charge is -2.38. The highest BCUT2D eigenvalue weighted by atomic mass is 16.7. The summed E-state index contributed by atoms with van der Waals surface area (Å²) >= 11 is 0. The monoisotopic (exact) mass is 541 g/mol. The fourth-order valence-corrected chi connectivity index (χ4v) is 4.74. The summed E-state index contributed by atoms with van der Waals surface area (Å²) in [6.07, 6.45) is -0.974. The van der Waals surface area contributed by atoms with Gasteiger partial charge in [-0.2, -0.15) is 5.26 Å². The van der Waals surface area contributed by atoms with Gasteiger partial charge in [-0.1, -0.05) is 6.92 Å². The van der Waals surface area contributed by atoms with Gasteiger partial charge in [-0.05, 0) is 31.5 Å². The van der Waals surface area contributed by atoms with E-state index in [0.29, 0.717) is 5.06 Å². The number of nitrogens with zero attached hydrogens (tertiary/aromatic N) is 3. The maximum Gasteiger partial charge on any atom is 0.330 e. The number of rotatable bonds is 8. The van der Waals surface area contributed by atoms with Crippen LogP contribution in [0.1, 0.15) is 54.1 Å². The van der Waals surface area contributed by atoms with Gasteiger partial charge in [-0.15, -0.1) is 5.06 Å². The third kappa shape index (κ3) is 5.07. The van der Waals surface area contributed by atoms with Crippen LogP contribution in [0.15, 0.2) is 34.0 Å². The van der Waals surface area contributed by atoms with Crippen molar-refractivity contribution < 1.29 is 34.2 Å². The van der Waals surface area contributed by atoms with E-state index in [1.54, 1.807) is 6.92 Å². The molecule has 14 nitrogen and oxygen atoms in total. The molecule has 0 bridgehead atoms. The summed E-state index contributed by atoms with van der Waals surface area (Å²) in [7, 11) is 0. The molecule has 2 saturated heterocycles. The molecule has 2 fully saturated rings. The zero-order valence-corrected chi connectivity index (χ0v) is 21.2. The van der Waals surface area contributed by atoms with E-state index in [-0.39, 0.29) is 48.1 Å². The maximum atomic E-state index is 13.3. The number of ether oxygens (including phenoxy) is 1. The van der Waals surface area contributed by atoms with Crippen LogP contribution in [0.3, 0.4) is 0 Å². The van der Waals surface area contributed by atoms with Crippen LogP contribution in [0.2, 0.25) is 0 Å². The molecule has 14 heteroatoms. The van der Waals surface area contributed by atoms with Crippen LogP contribution >= 0.6 is 0 Å². The number of aromatic nitrogens is 2. The van der Waals surface area contributed by atoms with Crippen molar-refractivity contribution in [1.82, 2.24) is 19.9 Å². The Bertz CT molecular complexity index is 1460. The van der Waals surface area contributed by atoms with Crippen molar-refractivity contribution in [3.63, 3.8) is 0 Å². The minimum atomic E-state index is -1.67. The molecule has 3 amide bonds. The van der Waals surface area contributed by atoms with Gasteiger partial charge in [0.15, 0.2) is 11.5 Å². The summed E-state index contributed by atoms with van der Waals surface area (Å²) in [6.45, 7) is 2.63. The SMILES string of the molecule is CCC(NC(=O)c1ccc(ON2C(=O)CCC2=O)c(C#N)c1)[C@]1(n2cc(C)c(=O)[nH]c2=O)C[C@H](O)[C@@H](CO)O1. The summed E-state index contributed by atoms with van der Waals surface area (Å²) in [5.74, 6) is -1.86. The second kappa shape index (κ2) is 10.8. The number of carbonyl (C=O) groups is 3. The number of hydrogen-bond donors (Lipinski definition) is 4. The number of nitriles is 1. The van der Waals surface area contributed by atoms with E-state index in [1.807, 2.05) is 6.07 Å². The van der Waals surface area contributed by atoms with Gasteiger partial charge in [0.1, 0.15) is 12.2 Å². The van der Waals surface area contributed by atoms with Gasteiger partial charge >= 0.3 is 5.69 Å². The van der Waals surface area contributed by atoms with Crippen molar-refractivity contribution >= 4 is 17.7 Å². The number of aryl methyl sites for hydroxylation is 1. The van der Waals surface area contributed by atoms with E-state index in [9.17, 15) is 39.4 Å². The lowest BCUT2D eigenvalue weighted by Crippen LogP contribution is -2.58. The van der Waals surface area contributed by atoms with Crippen molar-refractivity contribution in [1.29, 1.82) is 5.26 Å². The van der Waals surface area contributed by atoms with Crippen LogP contribution in [0, 0.1) is 18.3 Å². The lowest BCUT2D eigenvalue weighted by atomic mass is 9.95. The molecular formula is C25H27N5O9. The molecule has 39 heavy (non-hydrogen) atoms. The van der Waals surface area contributed by atoms with Crippen LogP contribution in [-0.4, -0.2) is 67.4 Å². The minimum Gasteiger partial charge on any atom is -0.394 e. The van der Waals surface area contributed by atoms with Crippen molar-refractivity contribution in [3.05, 3.63) is 61.9 Å². The number of aliphatic hydroxyl groups is 2. The molecule has 1 aromatic heterocycles. The third-order valence-electron chi connectivity index (χ3n) is 6.81. The Morgan fingerprint density at radius 3 is 2.59 bits per heavy atom. The number of hydrogen-bond acceptors (Lipinski definition) is 10. The summed E-state index contributed by atoms with van der Waals surface area (Å²) in [4.78, 5) is 69.4. The second-order valence-corrected chi connectivity index (χ2v) is 9.33. The zero-order chi connectivity index (χ0) is 28.5. The Labute approximate surface area is 221 Å². The van der Waals surface area contributed by atoms with Crippen molar-refractivity contribution in [2.75, 3.05) is 6.61 Å². The second-order valence-electron chi connectivity index (χ2n) is 9.33. The molecule has 2 aliphatic rings. The smallest absolute Gasteiger partial charge is 0.330 e. The Hall–Kier alpha value is -4.32. The number of nitrogens with one attached hydrogen (secondary N) is 2. The molecule has 0 spiro atoms. The molecule has 2 aromatic rings. The van der Waals surface area contributed by atoms with Crippen LogP contribution in [0.5, 0.6) is 5.75 Å². The largest absolute Gasteiger partial charge is 0.394 e. The first-order valence-corrected chi connectivity index (χ1v) is 12.2. The first-order valence-electron chi connectivity index (χ1n) is 12.2. The van der Waals surface area contributed by atoms with Gasteiger partial charge in [0.2, 0.25) is 0 Å². The van der Waals surface area contributed by atoms with Crippen LogP contribution in [0.25, 0.3) is 0 Å². The number of aliphatic hydroxyl groups excluding tert-OH is 2. The van der Waals surface area contributed by atoms with E-state index in [0.717, 1.165) is 4.57 Å². The number of imide groups is 1. The number of hydroxylamine groups is 2.